The molecular formula is C16H28N2O3. The largest absolute Gasteiger partial charge is 0.481 e. The Morgan fingerprint density at radius 2 is 1.71 bits per heavy atom. The summed E-state index contributed by atoms with van der Waals surface area (Å²) in [5.74, 6) is 0.405. The molecule has 1 N–H and O–H groups in total. The van der Waals surface area contributed by atoms with Crippen molar-refractivity contribution in [2.45, 2.75) is 46.1 Å². The van der Waals surface area contributed by atoms with Crippen LogP contribution in [-0.2, 0) is 9.59 Å². The average Bonchev–Trinajstić information content (AvgIpc) is 2.39. The van der Waals surface area contributed by atoms with Crippen molar-refractivity contribution in [2.75, 3.05) is 26.2 Å². The third-order valence-electron chi connectivity index (χ3n) is 4.92. The first kappa shape index (κ1) is 16.3. The van der Waals surface area contributed by atoms with Crippen molar-refractivity contribution in [3.8, 4) is 0 Å². The number of hydrogen-bond acceptors (Lipinski definition) is 3. The summed E-state index contributed by atoms with van der Waals surface area (Å²) in [6, 6.07) is 0.170. The molecule has 0 saturated carbocycles. The molecule has 2 fully saturated rings. The minimum absolute atomic E-state index is 0.170. The Hall–Kier alpha value is -1.10. The van der Waals surface area contributed by atoms with E-state index in [0.29, 0.717) is 37.8 Å². The number of carbonyl (C=O) groups is 2. The molecule has 5 heteroatoms. The molecule has 21 heavy (non-hydrogen) atoms. The lowest BCUT2D eigenvalue weighted by molar-refractivity contribution is -0.144. The summed E-state index contributed by atoms with van der Waals surface area (Å²) < 4.78 is 0. The second kappa shape index (κ2) is 6.77. The van der Waals surface area contributed by atoms with E-state index in [2.05, 4.69) is 18.7 Å². The van der Waals surface area contributed by atoms with E-state index < -0.39 is 5.97 Å². The normalized spacial score (nSPS) is 34.7. The number of aliphatic carboxylic acids is 1. The van der Waals surface area contributed by atoms with Crippen molar-refractivity contribution in [1.82, 2.24) is 9.80 Å². The molecule has 5 nitrogen and oxygen atoms in total. The third-order valence-corrected chi connectivity index (χ3v) is 4.92. The summed E-state index contributed by atoms with van der Waals surface area (Å²) in [7, 11) is 0. The highest BCUT2D eigenvalue weighted by Crippen LogP contribution is 2.24. The van der Waals surface area contributed by atoms with Gasteiger partial charge in [-0.25, -0.2) is 0 Å². The van der Waals surface area contributed by atoms with Crippen LogP contribution >= 0.6 is 0 Å². The van der Waals surface area contributed by atoms with Gasteiger partial charge in [0.15, 0.2) is 0 Å². The molecule has 0 radical (unpaired) electrons. The summed E-state index contributed by atoms with van der Waals surface area (Å²) in [6.45, 7) is 9.32. The molecule has 4 unspecified atom stereocenters. The predicted molar refractivity (Wildman–Crippen MR) is 80.9 cm³/mol. The number of carboxylic acids is 1. The van der Waals surface area contributed by atoms with Crippen LogP contribution in [0.3, 0.4) is 0 Å². The Kier molecular flexibility index (Phi) is 5.25. The van der Waals surface area contributed by atoms with Gasteiger partial charge in [0.25, 0.3) is 0 Å². The predicted octanol–water partition coefficient (Wildman–Crippen LogP) is 1.68. The average molecular weight is 296 g/mol. The van der Waals surface area contributed by atoms with Crippen LogP contribution in [0.4, 0.5) is 0 Å². The molecule has 4 atom stereocenters. The topological polar surface area (TPSA) is 60.9 Å². The zero-order chi connectivity index (χ0) is 15.6. The van der Waals surface area contributed by atoms with Crippen molar-refractivity contribution in [3.05, 3.63) is 0 Å². The molecular weight excluding hydrogens is 268 g/mol. The molecule has 0 bridgehead atoms. The van der Waals surface area contributed by atoms with Gasteiger partial charge in [-0.2, -0.15) is 0 Å². The molecule has 0 aliphatic carbocycles. The minimum Gasteiger partial charge on any atom is -0.481 e. The van der Waals surface area contributed by atoms with E-state index in [-0.39, 0.29) is 17.9 Å². The number of hydrogen-bond donors (Lipinski definition) is 1. The molecule has 1 amide bonds. The van der Waals surface area contributed by atoms with Crippen LogP contribution in [0.5, 0.6) is 0 Å². The van der Waals surface area contributed by atoms with Gasteiger partial charge >= 0.3 is 5.97 Å². The number of amides is 1. The molecule has 0 spiro atoms. The van der Waals surface area contributed by atoms with Crippen molar-refractivity contribution in [1.29, 1.82) is 0 Å². The zero-order valence-electron chi connectivity index (χ0n) is 13.4. The first-order chi connectivity index (χ1) is 9.86. The van der Waals surface area contributed by atoms with Crippen LogP contribution in [0.1, 0.15) is 40.0 Å². The van der Waals surface area contributed by atoms with Gasteiger partial charge in [-0.05, 0) is 44.6 Å². The second-order valence-electron chi connectivity index (χ2n) is 7.12. The van der Waals surface area contributed by atoms with Crippen molar-refractivity contribution < 1.29 is 14.7 Å². The van der Waals surface area contributed by atoms with Crippen molar-refractivity contribution in [3.63, 3.8) is 0 Å². The van der Waals surface area contributed by atoms with Crippen LogP contribution in [0.25, 0.3) is 0 Å². The van der Waals surface area contributed by atoms with E-state index in [1.165, 1.54) is 6.42 Å². The van der Waals surface area contributed by atoms with E-state index in [4.69, 9.17) is 5.11 Å². The molecule has 2 aliphatic heterocycles. The molecule has 2 saturated heterocycles. The van der Waals surface area contributed by atoms with Crippen LogP contribution in [0.15, 0.2) is 0 Å². The van der Waals surface area contributed by atoms with Crippen LogP contribution in [0, 0.1) is 17.8 Å². The van der Waals surface area contributed by atoms with E-state index >= 15 is 0 Å². The van der Waals surface area contributed by atoms with Gasteiger partial charge < -0.3 is 10.0 Å². The summed E-state index contributed by atoms with van der Waals surface area (Å²) in [6.07, 6.45) is 2.50. The van der Waals surface area contributed by atoms with Gasteiger partial charge in [0.05, 0.1) is 12.5 Å². The second-order valence-corrected chi connectivity index (χ2v) is 7.12. The lowest BCUT2D eigenvalue weighted by Gasteiger charge is -2.39. The summed E-state index contributed by atoms with van der Waals surface area (Å²) in [5, 5.41) is 9.09. The fraction of sp³-hybridized carbons (Fsp3) is 0.875. The van der Waals surface area contributed by atoms with Crippen LogP contribution < -0.4 is 0 Å². The Bertz CT molecular complexity index is 389. The first-order valence-corrected chi connectivity index (χ1v) is 8.11. The van der Waals surface area contributed by atoms with Gasteiger partial charge in [-0.3, -0.25) is 14.5 Å². The number of carboxylic acid groups (broad SMARTS) is 1. The highest BCUT2D eigenvalue weighted by Gasteiger charge is 2.32. The fourth-order valence-electron chi connectivity index (χ4n) is 3.82. The third kappa shape index (κ3) is 4.19. The summed E-state index contributed by atoms with van der Waals surface area (Å²) >= 11 is 0. The summed E-state index contributed by atoms with van der Waals surface area (Å²) in [4.78, 5) is 27.7. The monoisotopic (exact) mass is 296 g/mol. The molecule has 2 aliphatic rings. The number of piperidine rings is 2. The first-order valence-electron chi connectivity index (χ1n) is 8.11. The van der Waals surface area contributed by atoms with E-state index in [0.717, 1.165) is 13.1 Å². The van der Waals surface area contributed by atoms with E-state index in [1.807, 2.05) is 11.8 Å². The number of nitrogens with zero attached hydrogens (tertiary/aromatic N) is 2. The van der Waals surface area contributed by atoms with Crippen LogP contribution in [-0.4, -0.2) is 59.0 Å². The quantitative estimate of drug-likeness (QED) is 0.860. The lowest BCUT2D eigenvalue weighted by Crippen LogP contribution is -2.51. The van der Waals surface area contributed by atoms with Crippen molar-refractivity contribution in [2.24, 2.45) is 17.8 Å². The van der Waals surface area contributed by atoms with Gasteiger partial charge in [-0.15, -0.1) is 0 Å². The standard InChI is InChI=1S/C16H28N2O3/c1-11-6-12(2)9-18(8-11)15(19)10-17-5-4-14(16(20)21)7-13(17)3/h11-14H,4-10H2,1-3H3,(H,20,21). The van der Waals surface area contributed by atoms with Gasteiger partial charge in [-0.1, -0.05) is 13.8 Å². The maximum Gasteiger partial charge on any atom is 0.306 e. The smallest absolute Gasteiger partial charge is 0.306 e. The van der Waals surface area contributed by atoms with Crippen LogP contribution in [0.2, 0.25) is 0 Å². The molecule has 120 valence electrons. The molecule has 0 aromatic rings. The lowest BCUT2D eigenvalue weighted by atomic mass is 9.91. The Balaban J connectivity index is 1.87. The van der Waals surface area contributed by atoms with E-state index in [1.54, 1.807) is 0 Å². The number of rotatable bonds is 3. The molecule has 2 heterocycles. The molecule has 0 aromatic heterocycles. The van der Waals surface area contributed by atoms with E-state index in [9.17, 15) is 9.59 Å². The van der Waals surface area contributed by atoms with Crippen molar-refractivity contribution >= 4 is 11.9 Å². The maximum absolute atomic E-state index is 12.5. The van der Waals surface area contributed by atoms with Gasteiger partial charge in [0.1, 0.15) is 0 Å². The Morgan fingerprint density at radius 3 is 2.24 bits per heavy atom. The molecule has 2 rings (SSSR count). The Labute approximate surface area is 127 Å². The highest BCUT2D eigenvalue weighted by molar-refractivity contribution is 5.78. The number of likely N-dealkylation sites (tertiary alicyclic amines) is 2. The van der Waals surface area contributed by atoms with Gasteiger partial charge in [0, 0.05) is 19.1 Å². The van der Waals surface area contributed by atoms with Gasteiger partial charge in [0.2, 0.25) is 5.91 Å². The molecule has 0 aromatic carbocycles. The fourth-order valence-corrected chi connectivity index (χ4v) is 3.82. The maximum atomic E-state index is 12.5. The number of carbonyl (C=O) groups excluding carboxylic acids is 1. The zero-order valence-corrected chi connectivity index (χ0v) is 13.4. The SMILES string of the molecule is CC1CC(C)CN(C(=O)CN2CCC(C(=O)O)CC2C)C1. The summed E-state index contributed by atoms with van der Waals surface area (Å²) in [5.41, 5.74) is 0. The Morgan fingerprint density at radius 1 is 1.10 bits per heavy atom. The highest BCUT2D eigenvalue weighted by atomic mass is 16.4. The minimum atomic E-state index is -0.702.